The summed E-state index contributed by atoms with van der Waals surface area (Å²) in [5.41, 5.74) is 0.975. The van der Waals surface area contributed by atoms with Gasteiger partial charge < -0.3 is 22.0 Å². The van der Waals surface area contributed by atoms with Crippen molar-refractivity contribution < 1.29 is 22.0 Å². The van der Waals surface area contributed by atoms with E-state index >= 15 is 0 Å². The first-order valence-electron chi connectivity index (χ1n) is 5.69. The summed E-state index contributed by atoms with van der Waals surface area (Å²) in [7, 11) is 0. The van der Waals surface area contributed by atoms with Gasteiger partial charge in [-0.3, -0.25) is 0 Å². The summed E-state index contributed by atoms with van der Waals surface area (Å²) in [4.78, 5) is 1.64. The van der Waals surface area contributed by atoms with Crippen molar-refractivity contribution in [2.45, 2.75) is 11.9 Å². The normalized spacial score (nSPS) is 16.5. The fraction of sp³-hybridized carbons (Fsp3) is 0.636. The lowest BCUT2D eigenvalue weighted by molar-refractivity contribution is -0.905. The highest BCUT2D eigenvalue weighted by Gasteiger charge is 2.13. The Morgan fingerprint density at radius 3 is 2.71 bits per heavy atom. The van der Waals surface area contributed by atoms with Crippen LogP contribution < -0.4 is 17.3 Å². The number of nitrogens with zero attached hydrogens (tertiary/aromatic N) is 2. The zero-order chi connectivity index (χ0) is 11.2. The number of halogens is 1. The Bertz CT molecular complexity index is 317. The van der Waals surface area contributed by atoms with Crippen LogP contribution in [-0.2, 0) is 4.74 Å². The largest absolute Gasteiger partial charge is 1.00 e. The summed E-state index contributed by atoms with van der Waals surface area (Å²) < 4.78 is 5.33. The molecule has 0 unspecified atom stereocenters. The van der Waals surface area contributed by atoms with Gasteiger partial charge in [0.2, 0.25) is 0 Å². The highest BCUT2D eigenvalue weighted by Crippen LogP contribution is 2.12. The molecule has 2 rings (SSSR count). The SMILES string of the molecule is Cc1ccc(SCC[NH+]2CCOCC2)nn1.[Cl-]. The highest BCUT2D eigenvalue weighted by atomic mass is 35.5. The first-order valence-corrected chi connectivity index (χ1v) is 6.67. The number of morpholine rings is 1. The zero-order valence-electron chi connectivity index (χ0n) is 9.99. The maximum Gasteiger partial charge on any atom is 0.119 e. The summed E-state index contributed by atoms with van der Waals surface area (Å²) in [6.45, 7) is 7.23. The number of nitrogens with one attached hydrogen (secondary N) is 1. The van der Waals surface area contributed by atoms with Gasteiger partial charge in [0.1, 0.15) is 18.1 Å². The molecule has 1 aromatic rings. The molecule has 0 aliphatic carbocycles. The highest BCUT2D eigenvalue weighted by molar-refractivity contribution is 7.99. The van der Waals surface area contributed by atoms with Crippen LogP contribution in [0.3, 0.4) is 0 Å². The molecule has 1 aliphatic rings. The summed E-state index contributed by atoms with van der Waals surface area (Å²) in [6, 6.07) is 4.05. The molecule has 4 nitrogen and oxygen atoms in total. The van der Waals surface area contributed by atoms with E-state index in [4.69, 9.17) is 4.74 Å². The van der Waals surface area contributed by atoms with Gasteiger partial charge in [0.25, 0.3) is 0 Å². The maximum absolute atomic E-state index is 5.33. The van der Waals surface area contributed by atoms with E-state index in [0.717, 1.165) is 42.8 Å². The van der Waals surface area contributed by atoms with Crippen molar-refractivity contribution in [3.8, 4) is 0 Å². The number of rotatable bonds is 4. The minimum Gasteiger partial charge on any atom is -1.00 e. The van der Waals surface area contributed by atoms with Gasteiger partial charge >= 0.3 is 0 Å². The third-order valence-corrected chi connectivity index (χ3v) is 3.60. The lowest BCUT2D eigenvalue weighted by Crippen LogP contribution is -3.14. The van der Waals surface area contributed by atoms with E-state index in [0.29, 0.717) is 0 Å². The predicted molar refractivity (Wildman–Crippen MR) is 63.9 cm³/mol. The van der Waals surface area contributed by atoms with E-state index in [1.54, 1.807) is 16.7 Å². The van der Waals surface area contributed by atoms with E-state index < -0.39 is 0 Å². The van der Waals surface area contributed by atoms with Crippen molar-refractivity contribution >= 4 is 11.8 Å². The number of ether oxygens (including phenoxy) is 1. The van der Waals surface area contributed by atoms with E-state index in [-0.39, 0.29) is 12.4 Å². The van der Waals surface area contributed by atoms with Crippen molar-refractivity contribution in [3.63, 3.8) is 0 Å². The fourth-order valence-corrected chi connectivity index (χ4v) is 2.54. The van der Waals surface area contributed by atoms with Crippen LogP contribution in [0.1, 0.15) is 5.69 Å². The molecule has 0 saturated carbocycles. The summed E-state index contributed by atoms with van der Waals surface area (Å²) >= 11 is 1.79. The van der Waals surface area contributed by atoms with Gasteiger partial charge in [0, 0.05) is 5.75 Å². The molecular weight excluding hydrogens is 258 g/mol. The molecule has 0 spiro atoms. The molecule has 1 N–H and O–H groups in total. The average molecular weight is 276 g/mol. The van der Waals surface area contributed by atoms with Gasteiger partial charge in [-0.15, -0.1) is 5.10 Å². The van der Waals surface area contributed by atoms with E-state index in [1.807, 2.05) is 19.1 Å². The van der Waals surface area contributed by atoms with Gasteiger partial charge in [0.15, 0.2) is 0 Å². The lowest BCUT2D eigenvalue weighted by atomic mass is 10.4. The van der Waals surface area contributed by atoms with Crippen molar-refractivity contribution in [3.05, 3.63) is 17.8 Å². The molecule has 96 valence electrons. The second kappa shape index (κ2) is 7.87. The first-order chi connectivity index (χ1) is 7.84. The Labute approximate surface area is 113 Å². The van der Waals surface area contributed by atoms with Crippen LogP contribution in [0.5, 0.6) is 0 Å². The number of quaternary nitrogens is 1. The fourth-order valence-electron chi connectivity index (χ4n) is 1.67. The van der Waals surface area contributed by atoms with Crippen LogP contribution in [-0.4, -0.2) is 48.8 Å². The Kier molecular flexibility index (Phi) is 6.80. The number of hydrogen-bond acceptors (Lipinski definition) is 4. The van der Waals surface area contributed by atoms with Gasteiger partial charge in [-0.2, -0.15) is 5.10 Å². The zero-order valence-corrected chi connectivity index (χ0v) is 11.6. The lowest BCUT2D eigenvalue weighted by Gasteiger charge is -2.23. The predicted octanol–water partition coefficient (Wildman–Crippen LogP) is -3.20. The quantitative estimate of drug-likeness (QED) is 0.588. The molecule has 0 bridgehead atoms. The summed E-state index contributed by atoms with van der Waals surface area (Å²) in [5, 5.41) is 9.21. The van der Waals surface area contributed by atoms with Crippen molar-refractivity contribution in [1.82, 2.24) is 10.2 Å². The smallest absolute Gasteiger partial charge is 0.119 e. The minimum atomic E-state index is 0. The Morgan fingerprint density at radius 1 is 1.29 bits per heavy atom. The van der Waals surface area contributed by atoms with Crippen LogP contribution in [0.15, 0.2) is 17.2 Å². The van der Waals surface area contributed by atoms with Crippen LogP contribution in [0.25, 0.3) is 0 Å². The van der Waals surface area contributed by atoms with E-state index in [2.05, 4.69) is 10.2 Å². The van der Waals surface area contributed by atoms with Gasteiger partial charge in [0.05, 0.1) is 25.5 Å². The standard InChI is InChI=1S/C11H17N3OS.ClH/c1-10-2-3-11(13-12-10)16-9-6-14-4-7-15-8-5-14;/h2-3H,4-9H2,1H3;1H. The van der Waals surface area contributed by atoms with Crippen molar-refractivity contribution in [1.29, 1.82) is 0 Å². The van der Waals surface area contributed by atoms with Crippen molar-refractivity contribution in [2.24, 2.45) is 0 Å². The number of aryl methyl sites for hydroxylation is 1. The Morgan fingerprint density at radius 2 is 2.06 bits per heavy atom. The number of aromatic nitrogens is 2. The minimum absolute atomic E-state index is 0. The van der Waals surface area contributed by atoms with Gasteiger partial charge in [-0.1, -0.05) is 11.8 Å². The molecule has 0 amide bonds. The van der Waals surface area contributed by atoms with Crippen LogP contribution in [0, 0.1) is 6.92 Å². The molecule has 1 aliphatic heterocycles. The molecule has 1 saturated heterocycles. The van der Waals surface area contributed by atoms with E-state index in [1.165, 1.54) is 6.54 Å². The van der Waals surface area contributed by atoms with E-state index in [9.17, 15) is 0 Å². The van der Waals surface area contributed by atoms with Gasteiger partial charge in [-0.25, -0.2) is 0 Å². The molecule has 0 atom stereocenters. The third kappa shape index (κ3) is 5.21. The Hall–Kier alpha value is -0.360. The molecule has 17 heavy (non-hydrogen) atoms. The summed E-state index contributed by atoms with van der Waals surface area (Å²) in [6.07, 6.45) is 0. The molecule has 0 aromatic carbocycles. The second-order valence-electron chi connectivity index (χ2n) is 3.97. The van der Waals surface area contributed by atoms with Crippen LogP contribution >= 0.6 is 11.8 Å². The second-order valence-corrected chi connectivity index (χ2v) is 5.09. The number of hydrogen-bond donors (Lipinski definition) is 1. The molecule has 0 radical (unpaired) electrons. The molecule has 2 heterocycles. The van der Waals surface area contributed by atoms with Crippen LogP contribution in [0.2, 0.25) is 0 Å². The van der Waals surface area contributed by atoms with Gasteiger partial charge in [-0.05, 0) is 19.1 Å². The molecule has 1 aromatic heterocycles. The molecule has 1 fully saturated rings. The maximum atomic E-state index is 5.33. The van der Waals surface area contributed by atoms with Crippen LogP contribution in [0.4, 0.5) is 0 Å². The number of thioether (sulfide) groups is 1. The Balaban J connectivity index is 0.00000144. The molecule has 6 heteroatoms. The first kappa shape index (κ1) is 14.7. The van der Waals surface area contributed by atoms with Crippen molar-refractivity contribution in [2.75, 3.05) is 38.6 Å². The topological polar surface area (TPSA) is 39.5 Å². The molecular formula is C11H18ClN3OS. The monoisotopic (exact) mass is 275 g/mol. The third-order valence-electron chi connectivity index (χ3n) is 2.68. The summed E-state index contributed by atoms with van der Waals surface area (Å²) in [5.74, 6) is 1.10. The average Bonchev–Trinajstić information content (AvgIpc) is 2.33.